The molecule has 0 heterocycles. The average molecular weight is 276 g/mol. The summed E-state index contributed by atoms with van der Waals surface area (Å²) in [5.41, 5.74) is 9.69. The van der Waals surface area contributed by atoms with Crippen LogP contribution in [0.1, 0.15) is 25.5 Å². The van der Waals surface area contributed by atoms with Gasteiger partial charge >= 0.3 is 5.97 Å². The monoisotopic (exact) mass is 276 g/mol. The highest BCUT2D eigenvalue weighted by Crippen LogP contribution is 2.18. The van der Waals surface area contributed by atoms with Crippen molar-refractivity contribution >= 4 is 5.97 Å². The van der Waals surface area contributed by atoms with Gasteiger partial charge in [0, 0.05) is 17.5 Å². The van der Waals surface area contributed by atoms with Gasteiger partial charge in [-0.25, -0.2) is 0 Å². The highest BCUT2D eigenvalue weighted by atomic mass is 16.5. The van der Waals surface area contributed by atoms with Crippen molar-refractivity contribution in [2.45, 2.75) is 25.9 Å². The predicted octanol–water partition coefficient (Wildman–Crippen LogP) is 2.92. The van der Waals surface area contributed by atoms with Crippen LogP contribution in [0.3, 0.4) is 0 Å². The fraction of sp³-hybridized carbons (Fsp3) is 0.500. The molecular weight excluding hydrogens is 256 g/mol. The van der Waals surface area contributed by atoms with Crippen LogP contribution in [0.5, 0.6) is 0 Å². The minimum Gasteiger partial charge on any atom is -0.466 e. The zero-order valence-electron chi connectivity index (χ0n) is 12.1. The first-order chi connectivity index (χ1) is 9.60. The van der Waals surface area contributed by atoms with Gasteiger partial charge in [-0.15, -0.1) is 0 Å². The maximum Gasteiger partial charge on any atom is 0.316 e. The zero-order chi connectivity index (χ0) is 15.0. The molecule has 0 spiro atoms. The summed E-state index contributed by atoms with van der Waals surface area (Å²) in [6.45, 7) is 4.35. The first-order valence-electron chi connectivity index (χ1n) is 6.56. The van der Waals surface area contributed by atoms with Crippen molar-refractivity contribution in [3.05, 3.63) is 46.3 Å². The number of benzene rings is 1. The van der Waals surface area contributed by atoms with E-state index in [9.17, 15) is 4.79 Å². The standard InChI is InChI=1S/C14H20N4O2/c1-4-20-14(19)13(16-17-15)10-18(3)11(2)12-8-6-5-7-9-12/h5-9,11,13H,4,10H2,1-3H3/t11-,13+/m1/s1. The van der Waals surface area contributed by atoms with Crippen molar-refractivity contribution < 1.29 is 9.53 Å². The normalized spacial score (nSPS) is 13.4. The third-order valence-electron chi connectivity index (χ3n) is 3.15. The van der Waals surface area contributed by atoms with E-state index in [1.807, 2.05) is 49.2 Å². The third kappa shape index (κ3) is 4.57. The van der Waals surface area contributed by atoms with Crippen LogP contribution in [0.15, 0.2) is 35.4 Å². The lowest BCUT2D eigenvalue weighted by Gasteiger charge is -2.26. The molecule has 0 unspecified atom stereocenters. The number of esters is 1. The molecule has 0 N–H and O–H groups in total. The quantitative estimate of drug-likeness (QED) is 0.332. The first-order valence-corrected chi connectivity index (χ1v) is 6.56. The van der Waals surface area contributed by atoms with Crippen LogP contribution >= 0.6 is 0 Å². The van der Waals surface area contributed by atoms with E-state index in [-0.39, 0.29) is 12.6 Å². The minimum absolute atomic E-state index is 0.113. The maximum atomic E-state index is 11.7. The average Bonchev–Trinajstić information content (AvgIpc) is 2.47. The van der Waals surface area contributed by atoms with Crippen LogP contribution in [0.4, 0.5) is 0 Å². The highest BCUT2D eigenvalue weighted by Gasteiger charge is 2.22. The number of hydrogen-bond donors (Lipinski definition) is 0. The molecule has 2 atom stereocenters. The Kier molecular flexibility index (Phi) is 6.56. The van der Waals surface area contributed by atoms with Crippen molar-refractivity contribution in [3.8, 4) is 0 Å². The molecule has 0 radical (unpaired) electrons. The molecule has 108 valence electrons. The lowest BCUT2D eigenvalue weighted by molar-refractivity contribution is -0.145. The zero-order valence-corrected chi connectivity index (χ0v) is 12.1. The molecule has 6 nitrogen and oxygen atoms in total. The Bertz CT molecular complexity index is 471. The smallest absolute Gasteiger partial charge is 0.316 e. The van der Waals surface area contributed by atoms with Crippen LogP contribution in [-0.2, 0) is 9.53 Å². The number of ether oxygens (including phenoxy) is 1. The second-order valence-electron chi connectivity index (χ2n) is 4.50. The van der Waals surface area contributed by atoms with Crippen molar-refractivity contribution in [2.24, 2.45) is 5.11 Å². The van der Waals surface area contributed by atoms with Gasteiger partial charge in [0.1, 0.15) is 6.04 Å². The molecule has 1 aromatic carbocycles. The fourth-order valence-electron chi connectivity index (χ4n) is 1.88. The van der Waals surface area contributed by atoms with Gasteiger partial charge < -0.3 is 4.74 Å². The molecule has 1 rings (SSSR count). The molecule has 6 heteroatoms. The van der Waals surface area contributed by atoms with Crippen LogP contribution in [-0.4, -0.2) is 37.1 Å². The molecule has 0 fully saturated rings. The molecule has 1 aromatic rings. The molecule has 0 aliphatic heterocycles. The van der Waals surface area contributed by atoms with Crippen LogP contribution < -0.4 is 0 Å². The number of rotatable bonds is 7. The van der Waals surface area contributed by atoms with Gasteiger partial charge in [-0.1, -0.05) is 35.4 Å². The molecule has 0 saturated carbocycles. The molecule has 20 heavy (non-hydrogen) atoms. The highest BCUT2D eigenvalue weighted by molar-refractivity contribution is 5.76. The lowest BCUT2D eigenvalue weighted by atomic mass is 10.1. The largest absolute Gasteiger partial charge is 0.466 e. The Morgan fingerprint density at radius 1 is 1.45 bits per heavy atom. The molecule has 0 amide bonds. The van der Waals surface area contributed by atoms with Gasteiger partial charge in [0.2, 0.25) is 0 Å². The molecule has 0 bridgehead atoms. The van der Waals surface area contributed by atoms with E-state index in [1.54, 1.807) is 6.92 Å². The number of hydrogen-bond acceptors (Lipinski definition) is 4. The van der Waals surface area contributed by atoms with Crippen molar-refractivity contribution in [1.82, 2.24) is 4.90 Å². The van der Waals surface area contributed by atoms with Gasteiger partial charge in [0.05, 0.1) is 6.61 Å². The van der Waals surface area contributed by atoms with Gasteiger partial charge in [0.15, 0.2) is 0 Å². The fourth-order valence-corrected chi connectivity index (χ4v) is 1.88. The Morgan fingerprint density at radius 2 is 2.10 bits per heavy atom. The minimum atomic E-state index is -0.823. The topological polar surface area (TPSA) is 78.3 Å². The molecule has 0 aromatic heterocycles. The molecular formula is C14H20N4O2. The van der Waals surface area contributed by atoms with Crippen LogP contribution in [0.25, 0.3) is 10.4 Å². The third-order valence-corrected chi connectivity index (χ3v) is 3.15. The Hall–Kier alpha value is -2.04. The summed E-state index contributed by atoms with van der Waals surface area (Å²) in [6.07, 6.45) is 0. The van der Waals surface area contributed by atoms with Gasteiger partial charge in [-0.3, -0.25) is 9.69 Å². The van der Waals surface area contributed by atoms with E-state index in [2.05, 4.69) is 10.0 Å². The summed E-state index contributed by atoms with van der Waals surface area (Å²) in [4.78, 5) is 16.4. The molecule has 0 aliphatic rings. The predicted molar refractivity (Wildman–Crippen MR) is 77.1 cm³/mol. The number of likely N-dealkylation sites (N-methyl/N-ethyl adjacent to an activating group) is 1. The van der Waals surface area contributed by atoms with Crippen molar-refractivity contribution in [3.63, 3.8) is 0 Å². The lowest BCUT2D eigenvalue weighted by Crippen LogP contribution is -2.35. The van der Waals surface area contributed by atoms with Crippen molar-refractivity contribution in [1.29, 1.82) is 0 Å². The number of nitrogens with zero attached hydrogens (tertiary/aromatic N) is 4. The van der Waals surface area contributed by atoms with Crippen LogP contribution in [0.2, 0.25) is 0 Å². The number of carbonyl (C=O) groups excluding carboxylic acids is 1. The van der Waals surface area contributed by atoms with Gasteiger partial charge in [-0.2, -0.15) is 0 Å². The van der Waals surface area contributed by atoms with E-state index in [0.717, 1.165) is 5.56 Å². The summed E-state index contributed by atoms with van der Waals surface area (Å²) < 4.78 is 4.91. The second kappa shape index (κ2) is 8.19. The number of carbonyl (C=O) groups is 1. The van der Waals surface area contributed by atoms with E-state index < -0.39 is 12.0 Å². The van der Waals surface area contributed by atoms with E-state index in [0.29, 0.717) is 6.54 Å². The number of azide groups is 1. The van der Waals surface area contributed by atoms with E-state index >= 15 is 0 Å². The Labute approximate surface area is 119 Å². The van der Waals surface area contributed by atoms with E-state index in [1.165, 1.54) is 0 Å². The summed E-state index contributed by atoms with van der Waals surface area (Å²) >= 11 is 0. The van der Waals surface area contributed by atoms with Gasteiger partial charge in [-0.05, 0) is 32.0 Å². The van der Waals surface area contributed by atoms with Crippen molar-refractivity contribution in [2.75, 3.05) is 20.2 Å². The summed E-state index contributed by atoms with van der Waals surface area (Å²) in [6, 6.07) is 9.23. The summed E-state index contributed by atoms with van der Waals surface area (Å²) in [5, 5.41) is 3.52. The Morgan fingerprint density at radius 3 is 2.65 bits per heavy atom. The summed E-state index contributed by atoms with van der Waals surface area (Å²) in [5.74, 6) is -0.489. The second-order valence-corrected chi connectivity index (χ2v) is 4.50. The van der Waals surface area contributed by atoms with Crippen LogP contribution in [0, 0.1) is 0 Å². The molecule has 0 saturated heterocycles. The SMILES string of the molecule is CCOC(=O)[C@H](CN(C)[C@H](C)c1ccccc1)N=[N+]=[N-]. The first kappa shape index (κ1) is 16.0. The maximum absolute atomic E-state index is 11.7. The van der Waals surface area contributed by atoms with Gasteiger partial charge in [0.25, 0.3) is 0 Å². The van der Waals surface area contributed by atoms with E-state index in [4.69, 9.17) is 10.3 Å². The molecule has 0 aliphatic carbocycles. The Balaban J connectivity index is 2.73. The summed E-state index contributed by atoms with van der Waals surface area (Å²) in [7, 11) is 1.89.